The van der Waals surface area contributed by atoms with Crippen LogP contribution in [0.2, 0.25) is 5.02 Å². The molecule has 20 heavy (non-hydrogen) atoms. The van der Waals surface area contributed by atoms with E-state index in [1.807, 2.05) is 23.1 Å². The standard InChI is InChI=1S/C16H23ClN2O/c1-2-3-11-19(12-13-7-6-10-18-13)16(20)14-8-4-5-9-15(14)17/h4-5,8-9,13,18H,2-3,6-7,10-12H2,1H3. The van der Waals surface area contributed by atoms with Crippen LogP contribution >= 0.6 is 11.6 Å². The lowest BCUT2D eigenvalue weighted by atomic mass is 10.1. The number of amides is 1. The van der Waals surface area contributed by atoms with E-state index in [2.05, 4.69) is 12.2 Å². The van der Waals surface area contributed by atoms with Crippen LogP contribution in [0.3, 0.4) is 0 Å². The number of halogens is 1. The molecular formula is C16H23ClN2O. The number of nitrogens with zero attached hydrogens (tertiary/aromatic N) is 1. The molecule has 1 N–H and O–H groups in total. The molecule has 1 saturated heterocycles. The highest BCUT2D eigenvalue weighted by atomic mass is 35.5. The molecule has 0 aromatic heterocycles. The van der Waals surface area contributed by atoms with Gasteiger partial charge in [0, 0.05) is 19.1 Å². The Morgan fingerprint density at radius 2 is 2.25 bits per heavy atom. The molecule has 0 aliphatic carbocycles. The number of unbranched alkanes of at least 4 members (excludes halogenated alkanes) is 1. The lowest BCUT2D eigenvalue weighted by molar-refractivity contribution is 0.0739. The van der Waals surface area contributed by atoms with Crippen LogP contribution in [0.25, 0.3) is 0 Å². The Morgan fingerprint density at radius 3 is 2.90 bits per heavy atom. The Hall–Kier alpha value is -1.06. The van der Waals surface area contributed by atoms with Gasteiger partial charge in [-0.1, -0.05) is 37.1 Å². The van der Waals surface area contributed by atoms with Crippen molar-refractivity contribution in [3.05, 3.63) is 34.9 Å². The highest BCUT2D eigenvalue weighted by Gasteiger charge is 2.23. The Bertz CT molecular complexity index is 444. The number of benzene rings is 1. The number of nitrogens with one attached hydrogen (secondary N) is 1. The van der Waals surface area contributed by atoms with Gasteiger partial charge in [-0.05, 0) is 37.9 Å². The predicted octanol–water partition coefficient (Wildman–Crippen LogP) is 3.33. The van der Waals surface area contributed by atoms with Crippen LogP contribution in [0.4, 0.5) is 0 Å². The summed E-state index contributed by atoms with van der Waals surface area (Å²) in [6.07, 6.45) is 4.47. The maximum atomic E-state index is 12.7. The van der Waals surface area contributed by atoms with E-state index in [0.29, 0.717) is 16.6 Å². The molecule has 1 aliphatic heterocycles. The molecular weight excluding hydrogens is 272 g/mol. The third-order valence-electron chi connectivity index (χ3n) is 3.78. The number of rotatable bonds is 6. The van der Waals surface area contributed by atoms with E-state index in [1.165, 1.54) is 6.42 Å². The monoisotopic (exact) mass is 294 g/mol. The fourth-order valence-electron chi connectivity index (χ4n) is 2.61. The predicted molar refractivity (Wildman–Crippen MR) is 83.3 cm³/mol. The van der Waals surface area contributed by atoms with Gasteiger partial charge in [0.15, 0.2) is 0 Å². The summed E-state index contributed by atoms with van der Waals surface area (Å²) in [6, 6.07) is 7.74. The smallest absolute Gasteiger partial charge is 0.255 e. The van der Waals surface area contributed by atoms with Gasteiger partial charge in [0.05, 0.1) is 10.6 Å². The zero-order chi connectivity index (χ0) is 14.4. The lowest BCUT2D eigenvalue weighted by Gasteiger charge is -2.26. The van der Waals surface area contributed by atoms with Gasteiger partial charge in [0.25, 0.3) is 5.91 Å². The molecule has 1 atom stereocenters. The Kier molecular flexibility index (Phi) is 5.86. The summed E-state index contributed by atoms with van der Waals surface area (Å²) < 4.78 is 0. The van der Waals surface area contributed by atoms with Gasteiger partial charge in [-0.3, -0.25) is 4.79 Å². The van der Waals surface area contributed by atoms with Gasteiger partial charge >= 0.3 is 0 Å². The topological polar surface area (TPSA) is 32.3 Å². The summed E-state index contributed by atoms with van der Waals surface area (Å²) in [5, 5.41) is 4.00. The van der Waals surface area contributed by atoms with Crippen molar-refractivity contribution in [3.8, 4) is 0 Å². The van der Waals surface area contributed by atoms with Crippen molar-refractivity contribution in [1.82, 2.24) is 10.2 Å². The molecule has 1 fully saturated rings. The Morgan fingerprint density at radius 1 is 1.45 bits per heavy atom. The van der Waals surface area contributed by atoms with Crippen LogP contribution in [0, 0.1) is 0 Å². The van der Waals surface area contributed by atoms with Crippen LogP contribution < -0.4 is 5.32 Å². The highest BCUT2D eigenvalue weighted by molar-refractivity contribution is 6.33. The Balaban J connectivity index is 2.08. The van der Waals surface area contributed by atoms with E-state index in [9.17, 15) is 4.79 Å². The van der Waals surface area contributed by atoms with Crippen LogP contribution in [0.1, 0.15) is 43.0 Å². The summed E-state index contributed by atoms with van der Waals surface area (Å²) >= 11 is 6.15. The first-order chi connectivity index (χ1) is 9.72. The molecule has 110 valence electrons. The van der Waals surface area contributed by atoms with Crippen molar-refractivity contribution in [2.45, 2.75) is 38.6 Å². The molecule has 1 unspecified atom stereocenters. The van der Waals surface area contributed by atoms with Crippen molar-refractivity contribution in [2.75, 3.05) is 19.6 Å². The maximum Gasteiger partial charge on any atom is 0.255 e. The van der Waals surface area contributed by atoms with Gasteiger partial charge < -0.3 is 10.2 Å². The minimum atomic E-state index is 0.0535. The van der Waals surface area contributed by atoms with E-state index in [4.69, 9.17) is 11.6 Å². The zero-order valence-corrected chi connectivity index (χ0v) is 12.8. The molecule has 0 radical (unpaired) electrons. The molecule has 4 heteroatoms. The van der Waals surface area contributed by atoms with Gasteiger partial charge in [-0.15, -0.1) is 0 Å². The third kappa shape index (κ3) is 3.97. The molecule has 1 aromatic carbocycles. The van der Waals surface area contributed by atoms with E-state index in [0.717, 1.165) is 38.9 Å². The van der Waals surface area contributed by atoms with E-state index in [1.54, 1.807) is 6.07 Å². The molecule has 1 heterocycles. The molecule has 1 amide bonds. The van der Waals surface area contributed by atoms with Crippen molar-refractivity contribution in [3.63, 3.8) is 0 Å². The number of carbonyl (C=O) groups is 1. The summed E-state index contributed by atoms with van der Waals surface area (Å²) in [6.45, 7) is 4.79. The van der Waals surface area contributed by atoms with E-state index in [-0.39, 0.29) is 5.91 Å². The van der Waals surface area contributed by atoms with Crippen molar-refractivity contribution < 1.29 is 4.79 Å². The van der Waals surface area contributed by atoms with Crippen LogP contribution in [-0.2, 0) is 0 Å². The van der Waals surface area contributed by atoms with Crippen molar-refractivity contribution in [2.24, 2.45) is 0 Å². The van der Waals surface area contributed by atoms with Gasteiger partial charge in [0.1, 0.15) is 0 Å². The zero-order valence-electron chi connectivity index (χ0n) is 12.1. The molecule has 1 aromatic rings. The molecule has 0 saturated carbocycles. The fourth-order valence-corrected chi connectivity index (χ4v) is 2.82. The summed E-state index contributed by atoms with van der Waals surface area (Å²) in [4.78, 5) is 14.6. The fraction of sp³-hybridized carbons (Fsp3) is 0.562. The molecule has 2 rings (SSSR count). The first-order valence-electron chi connectivity index (χ1n) is 7.49. The summed E-state index contributed by atoms with van der Waals surface area (Å²) in [5.74, 6) is 0.0535. The average molecular weight is 295 g/mol. The van der Waals surface area contributed by atoms with Gasteiger partial charge in [0.2, 0.25) is 0 Å². The number of hydrogen-bond acceptors (Lipinski definition) is 2. The average Bonchev–Trinajstić information content (AvgIpc) is 2.96. The van der Waals surface area contributed by atoms with Gasteiger partial charge in [-0.2, -0.15) is 0 Å². The largest absolute Gasteiger partial charge is 0.337 e. The highest BCUT2D eigenvalue weighted by Crippen LogP contribution is 2.18. The summed E-state index contributed by atoms with van der Waals surface area (Å²) in [5.41, 5.74) is 0.614. The summed E-state index contributed by atoms with van der Waals surface area (Å²) in [7, 11) is 0. The van der Waals surface area contributed by atoms with Crippen LogP contribution in [0.15, 0.2) is 24.3 Å². The first kappa shape index (κ1) is 15.3. The second-order valence-corrected chi connectivity index (χ2v) is 5.79. The first-order valence-corrected chi connectivity index (χ1v) is 7.87. The Labute approximate surface area is 126 Å². The van der Waals surface area contributed by atoms with E-state index >= 15 is 0 Å². The quantitative estimate of drug-likeness (QED) is 0.873. The minimum Gasteiger partial charge on any atom is -0.337 e. The lowest BCUT2D eigenvalue weighted by Crippen LogP contribution is -2.41. The number of carbonyl (C=O) groups excluding carboxylic acids is 1. The maximum absolute atomic E-state index is 12.7. The van der Waals surface area contributed by atoms with Crippen LogP contribution in [0.5, 0.6) is 0 Å². The molecule has 0 bridgehead atoms. The van der Waals surface area contributed by atoms with Crippen molar-refractivity contribution in [1.29, 1.82) is 0 Å². The van der Waals surface area contributed by atoms with Gasteiger partial charge in [-0.25, -0.2) is 0 Å². The molecule has 0 spiro atoms. The van der Waals surface area contributed by atoms with E-state index < -0.39 is 0 Å². The molecule has 3 nitrogen and oxygen atoms in total. The van der Waals surface area contributed by atoms with Crippen molar-refractivity contribution >= 4 is 17.5 Å². The second kappa shape index (κ2) is 7.65. The molecule has 1 aliphatic rings. The van der Waals surface area contributed by atoms with Crippen LogP contribution in [-0.4, -0.2) is 36.5 Å². The minimum absolute atomic E-state index is 0.0535. The second-order valence-electron chi connectivity index (χ2n) is 5.38. The SMILES string of the molecule is CCCCN(CC1CCCN1)C(=O)c1ccccc1Cl. The number of hydrogen-bond donors (Lipinski definition) is 1. The third-order valence-corrected chi connectivity index (χ3v) is 4.11. The normalized spacial score (nSPS) is 18.2.